The van der Waals surface area contributed by atoms with E-state index in [4.69, 9.17) is 0 Å². The van der Waals surface area contributed by atoms with Crippen LogP contribution in [-0.2, 0) is 13.0 Å². The van der Waals surface area contributed by atoms with Crippen LogP contribution >= 0.6 is 0 Å². The first-order chi connectivity index (χ1) is 11.1. The number of hydrogen-bond acceptors (Lipinski definition) is 2. The Kier molecular flexibility index (Phi) is 6.48. The third-order valence-electron chi connectivity index (χ3n) is 4.98. The minimum Gasteiger partial charge on any atom is -0.332 e. The fourth-order valence-electron chi connectivity index (χ4n) is 3.48. The van der Waals surface area contributed by atoms with Gasteiger partial charge in [-0.05, 0) is 46.0 Å². The molecule has 0 aliphatic carbocycles. The Morgan fingerprint density at radius 1 is 1.26 bits per heavy atom. The van der Waals surface area contributed by atoms with Gasteiger partial charge < -0.3 is 14.4 Å². The van der Waals surface area contributed by atoms with Crippen molar-refractivity contribution in [3.05, 3.63) is 17.7 Å². The average molecular weight is 320 g/mol. The van der Waals surface area contributed by atoms with E-state index in [1.165, 1.54) is 11.5 Å². The Balaban J connectivity index is 1.89. The van der Waals surface area contributed by atoms with E-state index in [0.717, 1.165) is 58.4 Å². The highest BCUT2D eigenvalue weighted by Crippen LogP contribution is 2.22. The van der Waals surface area contributed by atoms with Crippen LogP contribution in [0.4, 0.5) is 4.79 Å². The molecule has 0 N–H and O–H groups in total. The van der Waals surface area contributed by atoms with Gasteiger partial charge in [-0.15, -0.1) is 0 Å². The van der Waals surface area contributed by atoms with Crippen molar-refractivity contribution in [2.24, 2.45) is 5.92 Å². The second-order valence-electron chi connectivity index (χ2n) is 6.56. The molecule has 130 valence electrons. The number of imidazole rings is 1. The molecule has 0 bridgehead atoms. The first kappa shape index (κ1) is 17.8. The van der Waals surface area contributed by atoms with Gasteiger partial charge in [-0.1, -0.05) is 6.92 Å². The maximum absolute atomic E-state index is 12.4. The number of carbonyl (C=O) groups excluding carboxylic acids is 1. The van der Waals surface area contributed by atoms with E-state index < -0.39 is 0 Å². The van der Waals surface area contributed by atoms with Crippen molar-refractivity contribution in [1.82, 2.24) is 19.4 Å². The Morgan fingerprint density at radius 3 is 2.48 bits per heavy atom. The lowest BCUT2D eigenvalue weighted by atomic mass is 9.93. The first-order valence-electron chi connectivity index (χ1n) is 9.15. The fraction of sp³-hybridized carbons (Fsp3) is 0.778. The maximum atomic E-state index is 12.4. The van der Waals surface area contributed by atoms with Crippen LogP contribution in [0.2, 0.25) is 0 Å². The lowest BCUT2D eigenvalue weighted by Crippen LogP contribution is -2.46. The standard InChI is InChI=1S/C18H32N4O/c1-5-10-22-15(4)14-19-17(22)13-16-8-11-21(12-9-16)18(23)20(6-2)7-3/h14,16H,5-13H2,1-4H3. The van der Waals surface area contributed by atoms with Crippen molar-refractivity contribution < 1.29 is 4.79 Å². The van der Waals surface area contributed by atoms with Crippen LogP contribution < -0.4 is 0 Å². The van der Waals surface area contributed by atoms with Gasteiger partial charge >= 0.3 is 6.03 Å². The van der Waals surface area contributed by atoms with Gasteiger partial charge in [-0.3, -0.25) is 0 Å². The van der Waals surface area contributed by atoms with E-state index in [0.29, 0.717) is 5.92 Å². The third kappa shape index (κ3) is 4.27. The van der Waals surface area contributed by atoms with Crippen molar-refractivity contribution in [2.75, 3.05) is 26.2 Å². The Labute approximate surface area is 140 Å². The van der Waals surface area contributed by atoms with Gasteiger partial charge in [0.05, 0.1) is 0 Å². The quantitative estimate of drug-likeness (QED) is 0.807. The van der Waals surface area contributed by atoms with Gasteiger partial charge in [-0.25, -0.2) is 9.78 Å². The van der Waals surface area contributed by atoms with Gasteiger partial charge in [0.15, 0.2) is 0 Å². The number of aryl methyl sites for hydroxylation is 1. The molecule has 2 amide bonds. The molecule has 2 rings (SSSR count). The molecule has 5 nitrogen and oxygen atoms in total. The maximum Gasteiger partial charge on any atom is 0.319 e. The molecule has 1 aliphatic heterocycles. The molecule has 2 heterocycles. The van der Waals surface area contributed by atoms with Gasteiger partial charge in [0.25, 0.3) is 0 Å². The Hall–Kier alpha value is -1.52. The lowest BCUT2D eigenvalue weighted by molar-refractivity contribution is 0.135. The molecule has 0 radical (unpaired) electrons. The molecule has 0 saturated carbocycles. The minimum absolute atomic E-state index is 0.205. The molecule has 1 aromatic heterocycles. The molecular weight excluding hydrogens is 288 g/mol. The van der Waals surface area contributed by atoms with Crippen LogP contribution in [0, 0.1) is 12.8 Å². The van der Waals surface area contributed by atoms with Crippen molar-refractivity contribution in [1.29, 1.82) is 0 Å². The van der Waals surface area contributed by atoms with Crippen LogP contribution in [-0.4, -0.2) is 51.6 Å². The van der Waals surface area contributed by atoms with E-state index >= 15 is 0 Å². The SMILES string of the molecule is CCCn1c(C)cnc1CC1CCN(C(=O)N(CC)CC)CC1. The van der Waals surface area contributed by atoms with Gasteiger partial charge in [0, 0.05) is 51.0 Å². The molecule has 1 fully saturated rings. The van der Waals surface area contributed by atoms with Gasteiger partial charge in [-0.2, -0.15) is 0 Å². The Bertz CT molecular complexity index is 499. The van der Waals surface area contributed by atoms with E-state index in [1.54, 1.807) is 0 Å². The zero-order valence-corrected chi connectivity index (χ0v) is 15.2. The zero-order chi connectivity index (χ0) is 16.8. The second kappa shape index (κ2) is 8.37. The predicted molar refractivity (Wildman–Crippen MR) is 93.6 cm³/mol. The van der Waals surface area contributed by atoms with Crippen LogP contribution in [0.1, 0.15) is 51.6 Å². The molecular formula is C18H32N4O. The largest absolute Gasteiger partial charge is 0.332 e. The first-order valence-corrected chi connectivity index (χ1v) is 9.15. The molecule has 23 heavy (non-hydrogen) atoms. The summed E-state index contributed by atoms with van der Waals surface area (Å²) in [6, 6.07) is 0.205. The zero-order valence-electron chi connectivity index (χ0n) is 15.2. The summed E-state index contributed by atoms with van der Waals surface area (Å²) in [5.74, 6) is 1.87. The normalized spacial score (nSPS) is 15.9. The molecule has 0 unspecified atom stereocenters. The summed E-state index contributed by atoms with van der Waals surface area (Å²) in [6.07, 6.45) is 6.35. The summed E-state index contributed by atoms with van der Waals surface area (Å²) in [5.41, 5.74) is 1.26. The summed E-state index contributed by atoms with van der Waals surface area (Å²) in [6.45, 7) is 12.8. The number of aromatic nitrogens is 2. The van der Waals surface area contributed by atoms with E-state index in [9.17, 15) is 4.79 Å². The van der Waals surface area contributed by atoms with Crippen molar-refractivity contribution >= 4 is 6.03 Å². The van der Waals surface area contributed by atoms with Crippen LogP contribution in [0.15, 0.2) is 6.20 Å². The fourth-order valence-corrected chi connectivity index (χ4v) is 3.48. The molecule has 0 aromatic carbocycles. The number of nitrogens with zero attached hydrogens (tertiary/aromatic N) is 4. The topological polar surface area (TPSA) is 41.4 Å². The lowest BCUT2D eigenvalue weighted by Gasteiger charge is -2.35. The molecule has 1 saturated heterocycles. The van der Waals surface area contributed by atoms with Gasteiger partial charge in [0.1, 0.15) is 5.82 Å². The smallest absolute Gasteiger partial charge is 0.319 e. The number of carbonyl (C=O) groups is 1. The number of piperidine rings is 1. The predicted octanol–water partition coefficient (Wildman–Crippen LogP) is 3.32. The highest BCUT2D eigenvalue weighted by molar-refractivity contribution is 5.74. The van der Waals surface area contributed by atoms with Gasteiger partial charge in [0.2, 0.25) is 0 Å². The number of likely N-dealkylation sites (tertiary alicyclic amines) is 1. The monoisotopic (exact) mass is 320 g/mol. The summed E-state index contributed by atoms with van der Waals surface area (Å²) in [4.78, 5) is 21.0. The third-order valence-corrected chi connectivity index (χ3v) is 4.98. The van der Waals surface area contributed by atoms with E-state index in [-0.39, 0.29) is 6.03 Å². The molecule has 5 heteroatoms. The van der Waals surface area contributed by atoms with E-state index in [2.05, 4.69) is 23.4 Å². The summed E-state index contributed by atoms with van der Waals surface area (Å²) >= 11 is 0. The second-order valence-corrected chi connectivity index (χ2v) is 6.56. The molecule has 1 aromatic rings. The highest BCUT2D eigenvalue weighted by Gasteiger charge is 2.26. The number of amides is 2. The minimum atomic E-state index is 0.205. The number of rotatable bonds is 6. The molecule has 0 spiro atoms. The van der Waals surface area contributed by atoms with Crippen LogP contribution in [0.3, 0.4) is 0 Å². The molecule has 0 atom stereocenters. The molecule has 1 aliphatic rings. The van der Waals surface area contributed by atoms with E-state index in [1.807, 2.05) is 29.8 Å². The summed E-state index contributed by atoms with van der Waals surface area (Å²) in [5, 5.41) is 0. The summed E-state index contributed by atoms with van der Waals surface area (Å²) in [7, 11) is 0. The Morgan fingerprint density at radius 2 is 1.91 bits per heavy atom. The summed E-state index contributed by atoms with van der Waals surface area (Å²) < 4.78 is 2.35. The van der Waals surface area contributed by atoms with Crippen molar-refractivity contribution in [2.45, 2.75) is 59.9 Å². The van der Waals surface area contributed by atoms with Crippen LogP contribution in [0.5, 0.6) is 0 Å². The van der Waals surface area contributed by atoms with Crippen molar-refractivity contribution in [3.8, 4) is 0 Å². The average Bonchev–Trinajstić information content (AvgIpc) is 2.90. The van der Waals surface area contributed by atoms with Crippen molar-refractivity contribution in [3.63, 3.8) is 0 Å². The van der Waals surface area contributed by atoms with Crippen LogP contribution in [0.25, 0.3) is 0 Å². The highest BCUT2D eigenvalue weighted by atomic mass is 16.2. The number of urea groups is 1. The number of hydrogen-bond donors (Lipinski definition) is 0.